The van der Waals surface area contributed by atoms with Crippen molar-refractivity contribution < 1.29 is 19.5 Å². The Morgan fingerprint density at radius 3 is 2.54 bits per heavy atom. The van der Waals surface area contributed by atoms with Gasteiger partial charge in [0.2, 0.25) is 5.91 Å². The Kier molecular flexibility index (Phi) is 6.89. The van der Waals surface area contributed by atoms with Crippen LogP contribution in [0.15, 0.2) is 35.4 Å². The lowest BCUT2D eigenvalue weighted by atomic mass is 10.1. The Hall–Kier alpha value is -2.70. The summed E-state index contributed by atoms with van der Waals surface area (Å²) in [7, 11) is 0. The van der Waals surface area contributed by atoms with Gasteiger partial charge in [-0.2, -0.15) is 5.10 Å². The van der Waals surface area contributed by atoms with Gasteiger partial charge in [-0.3, -0.25) is 14.4 Å². The molecular weight excluding hydrogens is 334 g/mol. The molecule has 1 aromatic carbocycles. The van der Waals surface area contributed by atoms with Crippen molar-refractivity contribution >= 4 is 23.5 Å². The third-order valence-corrected chi connectivity index (χ3v) is 4.00. The van der Waals surface area contributed by atoms with Crippen molar-refractivity contribution in [1.29, 1.82) is 0 Å². The number of benzene rings is 1. The van der Waals surface area contributed by atoms with Gasteiger partial charge in [-0.05, 0) is 11.5 Å². The van der Waals surface area contributed by atoms with Gasteiger partial charge in [0.05, 0.1) is 13.0 Å². The van der Waals surface area contributed by atoms with E-state index in [4.69, 9.17) is 5.11 Å². The van der Waals surface area contributed by atoms with Crippen molar-refractivity contribution in [3.8, 4) is 0 Å². The van der Waals surface area contributed by atoms with E-state index < -0.39 is 5.97 Å². The van der Waals surface area contributed by atoms with E-state index in [1.165, 1.54) is 9.91 Å². The summed E-state index contributed by atoms with van der Waals surface area (Å²) in [6.07, 6.45) is 0.398. The zero-order valence-corrected chi connectivity index (χ0v) is 15.2. The highest BCUT2D eigenvalue weighted by Gasteiger charge is 2.28. The van der Waals surface area contributed by atoms with Gasteiger partial charge in [-0.1, -0.05) is 44.2 Å². The van der Waals surface area contributed by atoms with Crippen LogP contribution in [0.5, 0.6) is 0 Å². The zero-order valence-electron chi connectivity index (χ0n) is 15.2. The molecule has 0 aliphatic carbocycles. The van der Waals surface area contributed by atoms with Crippen LogP contribution in [0.4, 0.5) is 0 Å². The number of carbonyl (C=O) groups is 3. The highest BCUT2D eigenvalue weighted by molar-refractivity contribution is 6.39. The molecule has 1 N–H and O–H groups in total. The molecule has 0 aromatic heterocycles. The summed E-state index contributed by atoms with van der Waals surface area (Å²) in [6.45, 7) is 4.84. The van der Waals surface area contributed by atoms with Crippen LogP contribution in [0.3, 0.4) is 0 Å². The van der Waals surface area contributed by atoms with Crippen LogP contribution < -0.4 is 0 Å². The van der Waals surface area contributed by atoms with E-state index >= 15 is 0 Å². The zero-order chi connectivity index (χ0) is 19.1. The van der Waals surface area contributed by atoms with E-state index in [0.29, 0.717) is 18.8 Å². The molecule has 0 radical (unpaired) electrons. The second kappa shape index (κ2) is 9.12. The van der Waals surface area contributed by atoms with Crippen molar-refractivity contribution in [3.63, 3.8) is 0 Å². The first-order valence-electron chi connectivity index (χ1n) is 8.79. The summed E-state index contributed by atoms with van der Waals surface area (Å²) >= 11 is 0. The van der Waals surface area contributed by atoms with E-state index in [1.807, 2.05) is 44.2 Å². The summed E-state index contributed by atoms with van der Waals surface area (Å²) in [4.78, 5) is 37.3. The van der Waals surface area contributed by atoms with Crippen LogP contribution in [0.2, 0.25) is 0 Å². The molecule has 0 bridgehead atoms. The largest absolute Gasteiger partial charge is 0.481 e. The minimum absolute atomic E-state index is 0.113. The molecule has 0 saturated carbocycles. The smallest absolute Gasteiger partial charge is 0.305 e. The molecular formula is C19H25N3O4. The SMILES string of the molecule is CC(C)CN(CCC(=O)O)C(=O)C1=NN(Cc2ccccc2)C(=O)CC1. The van der Waals surface area contributed by atoms with Gasteiger partial charge in [0, 0.05) is 25.9 Å². The average molecular weight is 359 g/mol. The second-order valence-electron chi connectivity index (χ2n) is 6.77. The van der Waals surface area contributed by atoms with Crippen LogP contribution in [0, 0.1) is 5.92 Å². The first-order chi connectivity index (χ1) is 12.4. The summed E-state index contributed by atoms with van der Waals surface area (Å²) in [5, 5.41) is 14.5. The molecule has 2 amide bonds. The number of rotatable bonds is 8. The van der Waals surface area contributed by atoms with Crippen molar-refractivity contribution in [3.05, 3.63) is 35.9 Å². The predicted molar refractivity (Wildman–Crippen MR) is 97.3 cm³/mol. The van der Waals surface area contributed by atoms with Gasteiger partial charge in [-0.25, -0.2) is 5.01 Å². The number of hydrogen-bond donors (Lipinski definition) is 1. The summed E-state index contributed by atoms with van der Waals surface area (Å²) < 4.78 is 0. The lowest BCUT2D eigenvalue weighted by Gasteiger charge is -2.28. The number of nitrogens with zero attached hydrogens (tertiary/aromatic N) is 3. The Morgan fingerprint density at radius 1 is 1.23 bits per heavy atom. The monoisotopic (exact) mass is 359 g/mol. The second-order valence-corrected chi connectivity index (χ2v) is 6.77. The van der Waals surface area contributed by atoms with E-state index in [2.05, 4.69) is 5.10 Å². The number of carboxylic acids is 1. The van der Waals surface area contributed by atoms with Gasteiger partial charge >= 0.3 is 5.97 Å². The third kappa shape index (κ3) is 5.68. The van der Waals surface area contributed by atoms with Gasteiger partial charge < -0.3 is 10.0 Å². The van der Waals surface area contributed by atoms with Gasteiger partial charge in [-0.15, -0.1) is 0 Å². The molecule has 2 rings (SSSR count). The minimum Gasteiger partial charge on any atom is -0.481 e. The van der Waals surface area contributed by atoms with Gasteiger partial charge in [0.15, 0.2) is 0 Å². The van der Waals surface area contributed by atoms with Crippen LogP contribution in [0.1, 0.15) is 38.7 Å². The van der Waals surface area contributed by atoms with Crippen molar-refractivity contribution in [2.75, 3.05) is 13.1 Å². The number of hydrazone groups is 1. The van der Waals surface area contributed by atoms with Crippen molar-refractivity contribution in [2.45, 2.75) is 39.7 Å². The number of carbonyl (C=O) groups excluding carboxylic acids is 2. The van der Waals surface area contributed by atoms with E-state index in [-0.39, 0.29) is 43.5 Å². The van der Waals surface area contributed by atoms with Gasteiger partial charge in [0.1, 0.15) is 5.71 Å². The maximum atomic E-state index is 12.8. The van der Waals surface area contributed by atoms with Crippen LogP contribution >= 0.6 is 0 Å². The van der Waals surface area contributed by atoms with Crippen molar-refractivity contribution in [2.24, 2.45) is 11.0 Å². The lowest BCUT2D eigenvalue weighted by Crippen LogP contribution is -2.43. The molecule has 0 saturated heterocycles. The highest BCUT2D eigenvalue weighted by Crippen LogP contribution is 2.15. The van der Waals surface area contributed by atoms with Crippen LogP contribution in [-0.4, -0.2) is 51.6 Å². The normalized spacial score (nSPS) is 14.3. The standard InChI is InChI=1S/C19H25N3O4/c1-14(2)12-21(11-10-18(24)25)19(26)16-8-9-17(23)22(20-16)13-15-6-4-3-5-7-15/h3-7,14H,8-13H2,1-2H3,(H,24,25). The molecule has 1 heterocycles. The molecule has 7 nitrogen and oxygen atoms in total. The maximum Gasteiger partial charge on any atom is 0.305 e. The molecule has 1 aliphatic rings. The molecule has 1 aromatic rings. The summed E-state index contributed by atoms with van der Waals surface area (Å²) in [5.74, 6) is -1.14. The molecule has 26 heavy (non-hydrogen) atoms. The molecule has 0 unspecified atom stereocenters. The molecule has 0 fully saturated rings. The lowest BCUT2D eigenvalue weighted by molar-refractivity contribution is -0.138. The topological polar surface area (TPSA) is 90.3 Å². The van der Waals surface area contributed by atoms with Crippen molar-refractivity contribution in [1.82, 2.24) is 9.91 Å². The first-order valence-corrected chi connectivity index (χ1v) is 8.79. The van der Waals surface area contributed by atoms with Crippen LogP contribution in [0.25, 0.3) is 0 Å². The maximum absolute atomic E-state index is 12.8. The quantitative estimate of drug-likeness (QED) is 0.770. The number of amides is 2. The first kappa shape index (κ1) is 19.6. The average Bonchev–Trinajstić information content (AvgIpc) is 2.60. The van der Waals surface area contributed by atoms with Gasteiger partial charge in [0.25, 0.3) is 5.91 Å². The minimum atomic E-state index is -0.946. The Morgan fingerprint density at radius 2 is 1.92 bits per heavy atom. The van der Waals surface area contributed by atoms with E-state index in [1.54, 1.807) is 0 Å². The van der Waals surface area contributed by atoms with E-state index in [0.717, 1.165) is 5.56 Å². The third-order valence-electron chi connectivity index (χ3n) is 4.00. The fraction of sp³-hybridized carbons (Fsp3) is 0.474. The fourth-order valence-electron chi connectivity index (χ4n) is 2.77. The summed E-state index contributed by atoms with van der Waals surface area (Å²) in [6, 6.07) is 9.46. The molecule has 140 valence electrons. The molecule has 0 atom stereocenters. The van der Waals surface area contributed by atoms with E-state index in [9.17, 15) is 14.4 Å². The Bertz CT molecular complexity index is 685. The Labute approximate surface area is 153 Å². The predicted octanol–water partition coefficient (Wildman–Crippen LogP) is 2.12. The highest BCUT2D eigenvalue weighted by atomic mass is 16.4. The van der Waals surface area contributed by atoms with Crippen LogP contribution in [-0.2, 0) is 20.9 Å². The molecule has 7 heteroatoms. The number of hydrogen-bond acceptors (Lipinski definition) is 4. The fourth-order valence-corrected chi connectivity index (χ4v) is 2.77. The molecule has 1 aliphatic heterocycles. The number of carboxylic acid groups (broad SMARTS) is 1. The number of aliphatic carboxylic acids is 1. The molecule has 0 spiro atoms. The summed E-state index contributed by atoms with van der Waals surface area (Å²) in [5.41, 5.74) is 1.25. The Balaban J connectivity index is 2.14.